The van der Waals surface area contributed by atoms with Crippen LogP contribution >= 0.6 is 11.6 Å². The van der Waals surface area contributed by atoms with Crippen LogP contribution in [-0.2, 0) is 10.0 Å². The van der Waals surface area contributed by atoms with E-state index >= 15 is 0 Å². The van der Waals surface area contributed by atoms with Gasteiger partial charge >= 0.3 is 0 Å². The summed E-state index contributed by atoms with van der Waals surface area (Å²) in [5, 5.41) is 0.920. The highest BCUT2D eigenvalue weighted by Crippen LogP contribution is 2.41. The molecule has 2 heterocycles. The molecule has 0 aliphatic carbocycles. The second kappa shape index (κ2) is 7.66. The molecule has 0 radical (unpaired) electrons. The number of hydrogen-bond acceptors (Lipinski definition) is 5. The average Bonchev–Trinajstić information content (AvgIpc) is 3.15. The first-order chi connectivity index (χ1) is 14.4. The summed E-state index contributed by atoms with van der Waals surface area (Å²) in [4.78, 5) is 4.49. The maximum absolute atomic E-state index is 13.4. The lowest BCUT2D eigenvalue weighted by atomic mass is 10.0. The molecule has 2 aromatic carbocycles. The van der Waals surface area contributed by atoms with Crippen LogP contribution in [0.1, 0.15) is 5.56 Å². The van der Waals surface area contributed by atoms with E-state index < -0.39 is 10.0 Å². The van der Waals surface area contributed by atoms with E-state index in [9.17, 15) is 8.42 Å². The molecule has 30 heavy (non-hydrogen) atoms. The smallest absolute Gasteiger partial charge is 0.269 e. The topological polar surface area (TPSA) is 70.4 Å². The number of hydrogen-bond donors (Lipinski definition) is 0. The van der Waals surface area contributed by atoms with Crippen molar-refractivity contribution in [2.24, 2.45) is 0 Å². The minimum atomic E-state index is -3.89. The molecule has 0 atom stereocenters. The van der Waals surface area contributed by atoms with E-state index in [-0.39, 0.29) is 10.5 Å². The van der Waals surface area contributed by atoms with Crippen molar-refractivity contribution in [2.75, 3.05) is 14.2 Å². The van der Waals surface area contributed by atoms with Gasteiger partial charge < -0.3 is 9.47 Å². The molecule has 0 unspecified atom stereocenters. The fourth-order valence-corrected chi connectivity index (χ4v) is 4.88. The van der Waals surface area contributed by atoms with Crippen LogP contribution in [0, 0.1) is 6.92 Å². The van der Waals surface area contributed by atoms with Gasteiger partial charge in [0.05, 0.1) is 24.1 Å². The molecule has 0 spiro atoms. The Bertz CT molecular complexity index is 1350. The third kappa shape index (κ3) is 3.30. The van der Waals surface area contributed by atoms with E-state index in [1.807, 2.05) is 6.92 Å². The van der Waals surface area contributed by atoms with Gasteiger partial charge in [0, 0.05) is 35.0 Å². The van der Waals surface area contributed by atoms with Gasteiger partial charge in [-0.15, -0.1) is 0 Å². The summed E-state index contributed by atoms with van der Waals surface area (Å²) < 4.78 is 38.7. The normalized spacial score (nSPS) is 11.6. The SMILES string of the molecule is COc1ccc(-c2cn(S(=O)(=O)c3ccc(C)cc3)c3nccc(Cl)c23)c(OC)c1. The number of methoxy groups -OCH3 is 2. The molecule has 154 valence electrons. The van der Waals surface area contributed by atoms with Crippen LogP contribution in [0.25, 0.3) is 22.2 Å². The van der Waals surface area contributed by atoms with Crippen molar-refractivity contribution in [2.45, 2.75) is 11.8 Å². The summed E-state index contributed by atoms with van der Waals surface area (Å²) in [5.74, 6) is 1.15. The molecule has 4 aromatic rings. The van der Waals surface area contributed by atoms with E-state index in [1.165, 1.54) is 12.4 Å². The lowest BCUT2D eigenvalue weighted by molar-refractivity contribution is 0.395. The summed E-state index contributed by atoms with van der Waals surface area (Å²) in [6.45, 7) is 1.90. The molecule has 4 rings (SSSR count). The van der Waals surface area contributed by atoms with Crippen molar-refractivity contribution in [1.82, 2.24) is 8.96 Å². The Morgan fingerprint density at radius 3 is 2.37 bits per heavy atom. The summed E-state index contributed by atoms with van der Waals surface area (Å²) in [6, 6.07) is 13.6. The summed E-state index contributed by atoms with van der Waals surface area (Å²) in [6.07, 6.45) is 3.02. The lowest BCUT2D eigenvalue weighted by Crippen LogP contribution is -2.12. The molecule has 0 N–H and O–H groups in total. The van der Waals surface area contributed by atoms with Crippen LogP contribution in [0.3, 0.4) is 0 Å². The first-order valence-corrected chi connectivity index (χ1v) is 10.9. The van der Waals surface area contributed by atoms with Crippen molar-refractivity contribution >= 4 is 32.7 Å². The molecule has 6 nitrogen and oxygen atoms in total. The monoisotopic (exact) mass is 442 g/mol. The van der Waals surface area contributed by atoms with Gasteiger partial charge in [-0.2, -0.15) is 0 Å². The number of aryl methyl sites for hydroxylation is 1. The van der Waals surface area contributed by atoms with E-state index in [4.69, 9.17) is 21.1 Å². The van der Waals surface area contributed by atoms with Gasteiger partial charge in [-0.05, 0) is 37.3 Å². The van der Waals surface area contributed by atoms with Crippen LogP contribution in [0.4, 0.5) is 0 Å². The Labute approximate surface area is 179 Å². The van der Waals surface area contributed by atoms with Gasteiger partial charge in [0.15, 0.2) is 5.65 Å². The summed E-state index contributed by atoms with van der Waals surface area (Å²) in [7, 11) is -0.782. The Hall–Kier alpha value is -3.03. The summed E-state index contributed by atoms with van der Waals surface area (Å²) >= 11 is 6.48. The predicted molar refractivity (Wildman–Crippen MR) is 117 cm³/mol. The zero-order chi connectivity index (χ0) is 21.5. The predicted octanol–water partition coefficient (Wildman–Crippen LogP) is 4.92. The molecule has 8 heteroatoms. The van der Waals surface area contributed by atoms with Crippen molar-refractivity contribution < 1.29 is 17.9 Å². The zero-order valence-corrected chi connectivity index (χ0v) is 18.2. The number of ether oxygens (including phenoxy) is 2. The lowest BCUT2D eigenvalue weighted by Gasteiger charge is -2.10. The van der Waals surface area contributed by atoms with Crippen LogP contribution < -0.4 is 9.47 Å². The van der Waals surface area contributed by atoms with Crippen molar-refractivity contribution in [3.8, 4) is 22.6 Å². The Balaban J connectivity index is 2.02. The van der Waals surface area contributed by atoms with Gasteiger partial charge in [0.25, 0.3) is 10.0 Å². The largest absolute Gasteiger partial charge is 0.497 e. The van der Waals surface area contributed by atoms with E-state index in [1.54, 1.807) is 62.8 Å². The standard InChI is InChI=1S/C22H19ClN2O4S/c1-14-4-7-16(8-5-14)30(26,27)25-13-18(21-19(23)10-11-24-22(21)25)17-9-6-15(28-2)12-20(17)29-3/h4-13H,1-3H3. The van der Waals surface area contributed by atoms with Gasteiger partial charge in [0.2, 0.25) is 0 Å². The highest BCUT2D eigenvalue weighted by Gasteiger charge is 2.25. The van der Waals surface area contributed by atoms with Crippen LogP contribution in [0.15, 0.2) is 65.8 Å². The fraction of sp³-hybridized carbons (Fsp3) is 0.136. The number of nitrogens with zero attached hydrogens (tertiary/aromatic N) is 2. The molecule has 0 aliphatic heterocycles. The third-order valence-electron chi connectivity index (χ3n) is 4.88. The molecule has 0 bridgehead atoms. The van der Waals surface area contributed by atoms with Gasteiger partial charge in [0.1, 0.15) is 11.5 Å². The van der Waals surface area contributed by atoms with Crippen molar-refractivity contribution in [1.29, 1.82) is 0 Å². The Morgan fingerprint density at radius 2 is 1.70 bits per heavy atom. The molecule has 0 fully saturated rings. The molecule has 0 amide bonds. The van der Waals surface area contributed by atoms with Crippen LogP contribution in [-0.4, -0.2) is 31.6 Å². The fourth-order valence-electron chi connectivity index (χ4n) is 3.32. The van der Waals surface area contributed by atoms with Gasteiger partial charge in [-0.1, -0.05) is 29.3 Å². The number of rotatable bonds is 5. The Kier molecular flexibility index (Phi) is 5.17. The average molecular weight is 443 g/mol. The zero-order valence-electron chi connectivity index (χ0n) is 16.6. The molecule has 0 aliphatic rings. The first-order valence-electron chi connectivity index (χ1n) is 9.07. The van der Waals surface area contributed by atoms with Crippen molar-refractivity contribution in [3.05, 3.63) is 71.5 Å². The molecule has 0 saturated heterocycles. The maximum Gasteiger partial charge on any atom is 0.269 e. The second-order valence-electron chi connectivity index (χ2n) is 6.71. The van der Waals surface area contributed by atoms with Crippen molar-refractivity contribution in [3.63, 3.8) is 0 Å². The quantitative estimate of drug-likeness (QED) is 0.438. The summed E-state index contributed by atoms with van der Waals surface area (Å²) in [5.41, 5.74) is 2.49. The van der Waals surface area contributed by atoms with E-state index in [0.717, 1.165) is 9.54 Å². The van der Waals surface area contributed by atoms with Gasteiger partial charge in [-0.25, -0.2) is 17.4 Å². The maximum atomic E-state index is 13.4. The second-order valence-corrected chi connectivity index (χ2v) is 8.94. The molecular weight excluding hydrogens is 424 g/mol. The minimum absolute atomic E-state index is 0.167. The highest BCUT2D eigenvalue weighted by atomic mass is 35.5. The number of aromatic nitrogens is 2. The number of fused-ring (bicyclic) bond motifs is 1. The minimum Gasteiger partial charge on any atom is -0.497 e. The van der Waals surface area contributed by atoms with Crippen LogP contribution in [0.2, 0.25) is 5.02 Å². The highest BCUT2D eigenvalue weighted by molar-refractivity contribution is 7.90. The number of pyridine rings is 1. The molecule has 2 aromatic heterocycles. The molecule has 0 saturated carbocycles. The van der Waals surface area contributed by atoms with E-state index in [0.29, 0.717) is 33.0 Å². The number of benzene rings is 2. The first kappa shape index (κ1) is 20.3. The molecular formula is C22H19ClN2O4S. The Morgan fingerprint density at radius 1 is 0.967 bits per heavy atom. The van der Waals surface area contributed by atoms with Gasteiger partial charge in [-0.3, -0.25) is 0 Å². The van der Waals surface area contributed by atoms with E-state index in [2.05, 4.69) is 4.98 Å². The van der Waals surface area contributed by atoms with Crippen LogP contribution in [0.5, 0.6) is 11.5 Å². The third-order valence-corrected chi connectivity index (χ3v) is 6.86. The number of halogens is 1.